The van der Waals surface area contributed by atoms with Gasteiger partial charge in [-0.05, 0) is 50.4 Å². The molecule has 1 aliphatic heterocycles. The van der Waals surface area contributed by atoms with Crippen LogP contribution in [0.4, 0.5) is 4.79 Å². The predicted octanol–water partition coefficient (Wildman–Crippen LogP) is 0.908. The molecule has 3 unspecified atom stereocenters. The van der Waals surface area contributed by atoms with E-state index in [0.717, 1.165) is 24.9 Å². The Balaban J connectivity index is 2.11. The van der Waals surface area contributed by atoms with Crippen LogP contribution in [0.25, 0.3) is 0 Å². The highest BCUT2D eigenvalue weighted by Gasteiger charge is 2.36. The van der Waals surface area contributed by atoms with E-state index in [4.69, 9.17) is 21.4 Å². The molecule has 0 bridgehead atoms. The number of halogens is 1. The first kappa shape index (κ1) is 23.9. The van der Waals surface area contributed by atoms with Gasteiger partial charge in [0.15, 0.2) is 0 Å². The summed E-state index contributed by atoms with van der Waals surface area (Å²) in [4.78, 5) is 36.1. The van der Waals surface area contributed by atoms with Crippen LogP contribution in [-0.2, 0) is 20.7 Å². The van der Waals surface area contributed by atoms with Gasteiger partial charge in [0.05, 0.1) is 12.1 Å². The Hall–Kier alpha value is -2.36. The highest BCUT2D eigenvalue weighted by molar-refractivity contribution is 6.30. The van der Waals surface area contributed by atoms with Crippen molar-refractivity contribution in [3.8, 4) is 0 Å². The molecular weight excluding hydrogens is 412 g/mol. The maximum absolute atomic E-state index is 13.0. The van der Waals surface area contributed by atoms with E-state index in [1.165, 1.54) is 14.0 Å². The van der Waals surface area contributed by atoms with Gasteiger partial charge in [0.25, 0.3) is 0 Å². The van der Waals surface area contributed by atoms with Gasteiger partial charge in [0, 0.05) is 18.7 Å². The number of carboxylic acid groups (broad SMARTS) is 1. The Morgan fingerprint density at radius 2 is 1.93 bits per heavy atom. The summed E-state index contributed by atoms with van der Waals surface area (Å²) >= 11 is 5.98. The van der Waals surface area contributed by atoms with Gasteiger partial charge in [-0.1, -0.05) is 23.7 Å². The van der Waals surface area contributed by atoms with Gasteiger partial charge in [-0.25, -0.2) is 4.79 Å². The van der Waals surface area contributed by atoms with Crippen molar-refractivity contribution in [1.29, 1.82) is 0 Å². The molecule has 0 aromatic heterocycles. The lowest BCUT2D eigenvalue weighted by atomic mass is 9.83. The molecule has 1 fully saturated rings. The largest absolute Gasteiger partial charge is 0.465 e. The van der Waals surface area contributed by atoms with Crippen LogP contribution in [0.2, 0.25) is 5.02 Å². The van der Waals surface area contributed by atoms with Gasteiger partial charge in [-0.3, -0.25) is 9.59 Å². The van der Waals surface area contributed by atoms with Crippen molar-refractivity contribution in [2.45, 2.75) is 43.8 Å². The summed E-state index contributed by atoms with van der Waals surface area (Å²) in [5.74, 6) is -0.992. The highest BCUT2D eigenvalue weighted by atomic mass is 35.5. The van der Waals surface area contributed by atoms with Gasteiger partial charge < -0.3 is 31.1 Å². The van der Waals surface area contributed by atoms with Crippen molar-refractivity contribution in [2.24, 2.45) is 0 Å². The maximum atomic E-state index is 13.0. The van der Waals surface area contributed by atoms with Gasteiger partial charge in [-0.15, -0.1) is 0 Å². The summed E-state index contributed by atoms with van der Waals surface area (Å²) in [5.41, 5.74) is 0.514. The second-order valence-electron chi connectivity index (χ2n) is 7.54. The second kappa shape index (κ2) is 11.1. The molecule has 0 spiro atoms. The smallest absolute Gasteiger partial charge is 0.405 e. The number of hydrogen-bond donors (Lipinski definition) is 5. The molecule has 0 aliphatic carbocycles. The van der Waals surface area contributed by atoms with E-state index in [-0.39, 0.29) is 12.5 Å². The molecule has 1 aromatic rings. The Morgan fingerprint density at radius 3 is 2.50 bits per heavy atom. The maximum Gasteiger partial charge on any atom is 0.405 e. The van der Waals surface area contributed by atoms with E-state index in [0.29, 0.717) is 18.0 Å². The summed E-state index contributed by atoms with van der Waals surface area (Å²) in [6, 6.07) is 5.52. The van der Waals surface area contributed by atoms with E-state index in [2.05, 4.69) is 21.3 Å². The van der Waals surface area contributed by atoms with Crippen LogP contribution in [0.5, 0.6) is 0 Å². The first-order chi connectivity index (χ1) is 14.2. The number of rotatable bonds is 9. The molecule has 1 aromatic carbocycles. The lowest BCUT2D eigenvalue weighted by Crippen LogP contribution is -2.63. The number of benzene rings is 1. The fourth-order valence-corrected chi connectivity index (χ4v) is 3.63. The minimum Gasteiger partial charge on any atom is -0.465 e. The molecule has 10 heteroatoms. The van der Waals surface area contributed by atoms with Gasteiger partial charge in [0.1, 0.15) is 12.1 Å². The average Bonchev–Trinajstić information content (AvgIpc) is 2.69. The monoisotopic (exact) mass is 440 g/mol. The zero-order valence-corrected chi connectivity index (χ0v) is 17.9. The highest BCUT2D eigenvalue weighted by Crippen LogP contribution is 2.23. The minimum atomic E-state index is -1.32. The number of nitrogens with one attached hydrogen (secondary N) is 4. The third-order valence-electron chi connectivity index (χ3n) is 5.02. The molecule has 9 nitrogen and oxygen atoms in total. The van der Waals surface area contributed by atoms with Crippen LogP contribution >= 0.6 is 11.6 Å². The zero-order chi connectivity index (χ0) is 22.1. The van der Waals surface area contributed by atoms with Crippen molar-refractivity contribution >= 4 is 29.5 Å². The number of carbonyl (C=O) groups excluding carboxylic acids is 2. The molecule has 30 heavy (non-hydrogen) atoms. The SMILES string of the molecule is COCC(NC(=O)C(C)NC(=O)O)C(=O)NC1(Cc2ccc(Cl)cc2)CCCNC1. The summed E-state index contributed by atoms with van der Waals surface area (Å²) in [6.45, 7) is 2.82. The molecule has 2 rings (SSSR count). The number of hydrogen-bond acceptors (Lipinski definition) is 5. The Kier molecular flexibility index (Phi) is 8.88. The summed E-state index contributed by atoms with van der Waals surface area (Å²) in [5, 5.41) is 20.5. The van der Waals surface area contributed by atoms with Crippen molar-refractivity contribution in [2.75, 3.05) is 26.8 Å². The molecular formula is C20H29ClN4O5. The molecule has 0 radical (unpaired) electrons. The van der Waals surface area contributed by atoms with E-state index in [1.807, 2.05) is 24.3 Å². The summed E-state index contributed by atoms with van der Waals surface area (Å²) in [6.07, 6.45) is 0.960. The summed E-state index contributed by atoms with van der Waals surface area (Å²) < 4.78 is 5.10. The molecule has 3 atom stereocenters. The third-order valence-corrected chi connectivity index (χ3v) is 5.27. The quantitative estimate of drug-likeness (QED) is 0.388. The van der Waals surface area contributed by atoms with Crippen LogP contribution in [0.15, 0.2) is 24.3 Å². The normalized spacial score (nSPS) is 20.6. The van der Waals surface area contributed by atoms with Crippen LogP contribution in [-0.4, -0.2) is 67.4 Å². The standard InChI is InChI=1S/C20H29ClN4O5/c1-13(23-19(28)29)17(26)24-16(11-30-2)18(27)25-20(8-3-9-22-12-20)10-14-4-6-15(21)7-5-14/h4-7,13,16,22-23H,3,8-12H2,1-2H3,(H,24,26)(H,25,27)(H,28,29). The lowest BCUT2D eigenvalue weighted by Gasteiger charge is -2.40. The molecule has 1 heterocycles. The Morgan fingerprint density at radius 1 is 1.23 bits per heavy atom. The Bertz CT molecular complexity index is 737. The van der Waals surface area contributed by atoms with E-state index in [1.54, 1.807) is 0 Å². The number of carbonyl (C=O) groups is 3. The van der Waals surface area contributed by atoms with Crippen LogP contribution in [0.1, 0.15) is 25.3 Å². The van der Waals surface area contributed by atoms with Crippen molar-refractivity contribution in [3.05, 3.63) is 34.9 Å². The number of ether oxygens (including phenoxy) is 1. The molecule has 0 saturated carbocycles. The van der Waals surface area contributed by atoms with Crippen molar-refractivity contribution in [3.63, 3.8) is 0 Å². The predicted molar refractivity (Wildman–Crippen MR) is 113 cm³/mol. The molecule has 1 saturated heterocycles. The topological polar surface area (TPSA) is 129 Å². The summed E-state index contributed by atoms with van der Waals surface area (Å²) in [7, 11) is 1.43. The average molecular weight is 441 g/mol. The molecule has 166 valence electrons. The van der Waals surface area contributed by atoms with E-state index >= 15 is 0 Å². The third kappa shape index (κ3) is 7.16. The molecule has 1 aliphatic rings. The first-order valence-corrected chi connectivity index (χ1v) is 10.2. The van der Waals surface area contributed by atoms with Crippen LogP contribution < -0.4 is 21.3 Å². The van der Waals surface area contributed by atoms with Gasteiger partial charge in [-0.2, -0.15) is 0 Å². The zero-order valence-electron chi connectivity index (χ0n) is 17.2. The van der Waals surface area contributed by atoms with Crippen LogP contribution in [0.3, 0.4) is 0 Å². The van der Waals surface area contributed by atoms with Gasteiger partial charge in [0.2, 0.25) is 11.8 Å². The second-order valence-corrected chi connectivity index (χ2v) is 7.98. The van der Waals surface area contributed by atoms with E-state index < -0.39 is 29.6 Å². The number of methoxy groups -OCH3 is 1. The number of amides is 3. The Labute approximate surface area is 180 Å². The van der Waals surface area contributed by atoms with Gasteiger partial charge >= 0.3 is 6.09 Å². The van der Waals surface area contributed by atoms with Crippen LogP contribution in [0, 0.1) is 0 Å². The van der Waals surface area contributed by atoms with Crippen molar-refractivity contribution in [1.82, 2.24) is 21.3 Å². The number of piperidine rings is 1. The van der Waals surface area contributed by atoms with Crippen molar-refractivity contribution < 1.29 is 24.2 Å². The molecule has 5 N–H and O–H groups in total. The fraction of sp³-hybridized carbons (Fsp3) is 0.550. The first-order valence-electron chi connectivity index (χ1n) is 9.80. The fourth-order valence-electron chi connectivity index (χ4n) is 3.51. The minimum absolute atomic E-state index is 0.0399. The van der Waals surface area contributed by atoms with E-state index in [9.17, 15) is 14.4 Å². The molecule has 3 amide bonds. The lowest BCUT2D eigenvalue weighted by molar-refractivity contribution is -0.132.